The van der Waals surface area contributed by atoms with Crippen LogP contribution in [-0.4, -0.2) is 57.7 Å². The van der Waals surface area contributed by atoms with Crippen molar-refractivity contribution in [1.82, 2.24) is 0 Å². The Morgan fingerprint density at radius 2 is 1.17 bits per heavy atom. The normalized spacial score (nSPS) is 15.3. The largest absolute Gasteiger partial charge is 0.507 e. The van der Waals surface area contributed by atoms with Crippen molar-refractivity contribution in [3.63, 3.8) is 0 Å². The van der Waals surface area contributed by atoms with Crippen molar-refractivity contribution in [3.05, 3.63) is 100 Å². The number of rotatable bonds is 9. The third-order valence-corrected chi connectivity index (χ3v) is 11.4. The monoisotopic (exact) mass is 806 g/mol. The lowest BCUT2D eigenvalue weighted by atomic mass is 9.87. The fourth-order valence-corrected chi connectivity index (χ4v) is 7.38. The highest BCUT2D eigenvalue weighted by atomic mass is 79.9. The molecular formula is C41H43BrO12. The summed E-state index contributed by atoms with van der Waals surface area (Å²) in [5.74, 6) is -4.84. The fraction of sp³-hybridized carbons (Fsp3) is 0.341. The zero-order valence-corrected chi connectivity index (χ0v) is 33.8. The molecule has 0 saturated carbocycles. The third-order valence-electron chi connectivity index (χ3n) is 10.4. The van der Waals surface area contributed by atoms with Gasteiger partial charge in [-0.2, -0.15) is 0 Å². The van der Waals surface area contributed by atoms with Crippen LogP contribution in [0.3, 0.4) is 0 Å². The number of allylic oxidation sites excluding steroid dienone is 2. The van der Waals surface area contributed by atoms with E-state index >= 15 is 0 Å². The minimum Gasteiger partial charge on any atom is -0.507 e. The molecule has 1 aliphatic rings. The molecule has 1 atom stereocenters. The highest BCUT2D eigenvalue weighted by Gasteiger charge is 2.48. The van der Waals surface area contributed by atoms with Crippen molar-refractivity contribution in [3.8, 4) is 23.0 Å². The van der Waals surface area contributed by atoms with Crippen LogP contribution in [-0.2, 0) is 20.7 Å². The highest BCUT2D eigenvalue weighted by Crippen LogP contribution is 2.43. The van der Waals surface area contributed by atoms with Crippen molar-refractivity contribution in [1.29, 1.82) is 0 Å². The van der Waals surface area contributed by atoms with Gasteiger partial charge in [0.2, 0.25) is 5.60 Å². The van der Waals surface area contributed by atoms with E-state index in [1.165, 1.54) is 21.0 Å². The number of carbonyl (C=O) groups is 5. The predicted octanol–water partition coefficient (Wildman–Crippen LogP) is 7.33. The van der Waals surface area contributed by atoms with Crippen LogP contribution in [0.5, 0.6) is 23.0 Å². The summed E-state index contributed by atoms with van der Waals surface area (Å²) in [5.41, 5.74) is 1.61. The van der Waals surface area contributed by atoms with Gasteiger partial charge in [0.05, 0.1) is 22.7 Å². The molecule has 286 valence electrons. The fourth-order valence-electron chi connectivity index (χ4n) is 6.81. The Labute approximate surface area is 321 Å². The first-order valence-corrected chi connectivity index (χ1v) is 17.7. The van der Waals surface area contributed by atoms with Gasteiger partial charge in [-0.1, -0.05) is 6.92 Å². The van der Waals surface area contributed by atoms with E-state index in [1.807, 2.05) is 6.92 Å². The number of hydrogen-bond donors (Lipinski definition) is 3. The average Bonchev–Trinajstić information content (AvgIpc) is 3.10. The van der Waals surface area contributed by atoms with Crippen molar-refractivity contribution in [2.75, 3.05) is 7.11 Å². The van der Waals surface area contributed by atoms with E-state index in [0.717, 1.165) is 12.2 Å². The van der Waals surface area contributed by atoms with Crippen LogP contribution in [0.2, 0.25) is 0 Å². The number of phenols is 1. The molecule has 13 heteroatoms. The second-order valence-electron chi connectivity index (χ2n) is 13.4. The van der Waals surface area contributed by atoms with E-state index in [2.05, 4.69) is 15.9 Å². The van der Waals surface area contributed by atoms with Crippen LogP contribution in [0.1, 0.15) is 101 Å². The molecule has 0 radical (unpaired) electrons. The number of phenolic OH excluding ortho intramolecular Hbond substituents is 1. The summed E-state index contributed by atoms with van der Waals surface area (Å²) < 4.78 is 22.9. The first-order valence-electron chi connectivity index (χ1n) is 16.9. The third kappa shape index (κ3) is 6.70. The summed E-state index contributed by atoms with van der Waals surface area (Å²) >= 11 is 3.43. The summed E-state index contributed by atoms with van der Waals surface area (Å²) in [4.78, 5) is 65.1. The lowest BCUT2D eigenvalue weighted by Crippen LogP contribution is -2.47. The molecule has 1 aliphatic carbocycles. The van der Waals surface area contributed by atoms with Crippen LogP contribution in [0, 0.1) is 62.3 Å². The van der Waals surface area contributed by atoms with Gasteiger partial charge < -0.3 is 34.3 Å². The number of aliphatic hydroxyl groups is 1. The Hall–Kier alpha value is -5.27. The van der Waals surface area contributed by atoms with Gasteiger partial charge >= 0.3 is 23.9 Å². The van der Waals surface area contributed by atoms with Gasteiger partial charge in [0.1, 0.15) is 34.3 Å². The number of aromatic hydroxyl groups is 1. The molecule has 3 N–H and O–H groups in total. The summed E-state index contributed by atoms with van der Waals surface area (Å²) in [6.45, 7) is 17.7. The maximum Gasteiger partial charge on any atom is 0.356 e. The molecule has 3 aromatic rings. The Morgan fingerprint density at radius 3 is 1.72 bits per heavy atom. The summed E-state index contributed by atoms with van der Waals surface area (Å²) in [7, 11) is 1.21. The standard InChI is InChI=1S/C41H43BrO12/c1-13-27-23(9)29(37(45)46)17(3)21(7)35(27)53-39(48)31-19(5)20(6)34(25(11)33(31)44)52-38(47)30-18(4)22(8)36(32(42)24(30)10)54-40(49)41(50)16(2)14-26(43)15-28(41)51-12/h14-15,44,50H,13H2,1-12H3,(H,45,46)/t41-/m1/s1. The number of hydrogen-bond acceptors (Lipinski definition) is 11. The number of methoxy groups -OCH3 is 1. The molecule has 0 bridgehead atoms. The Balaban J connectivity index is 1.71. The number of carboxylic acids is 1. The molecule has 0 fully saturated rings. The molecule has 0 saturated heterocycles. The zero-order chi connectivity index (χ0) is 40.9. The van der Waals surface area contributed by atoms with E-state index in [0.29, 0.717) is 56.5 Å². The predicted molar refractivity (Wildman–Crippen MR) is 202 cm³/mol. The number of benzene rings is 3. The van der Waals surface area contributed by atoms with Crippen molar-refractivity contribution < 1.29 is 58.2 Å². The topological polar surface area (TPSA) is 183 Å². The summed E-state index contributed by atoms with van der Waals surface area (Å²) in [6.07, 6.45) is 2.49. The zero-order valence-electron chi connectivity index (χ0n) is 32.3. The van der Waals surface area contributed by atoms with Crippen LogP contribution in [0.4, 0.5) is 0 Å². The van der Waals surface area contributed by atoms with Gasteiger partial charge in [-0.05, 0) is 153 Å². The van der Waals surface area contributed by atoms with E-state index in [4.69, 9.17) is 18.9 Å². The van der Waals surface area contributed by atoms with Crippen molar-refractivity contribution >= 4 is 45.6 Å². The van der Waals surface area contributed by atoms with Crippen LogP contribution < -0.4 is 14.2 Å². The van der Waals surface area contributed by atoms with E-state index in [1.54, 1.807) is 55.4 Å². The quantitative estimate of drug-likeness (QED) is 0.145. The molecule has 0 aromatic heterocycles. The number of halogens is 1. The van der Waals surface area contributed by atoms with Gasteiger partial charge in [0.25, 0.3) is 0 Å². The van der Waals surface area contributed by atoms with E-state index < -0.39 is 41.0 Å². The molecular weight excluding hydrogens is 764 g/mol. The van der Waals surface area contributed by atoms with E-state index in [-0.39, 0.29) is 55.3 Å². The first kappa shape index (κ1) is 41.5. The van der Waals surface area contributed by atoms with Crippen LogP contribution in [0.25, 0.3) is 0 Å². The number of ether oxygens (including phenoxy) is 4. The van der Waals surface area contributed by atoms with Crippen molar-refractivity contribution in [2.24, 2.45) is 0 Å². The second-order valence-corrected chi connectivity index (χ2v) is 14.2. The molecule has 12 nitrogen and oxygen atoms in total. The van der Waals surface area contributed by atoms with Crippen molar-refractivity contribution in [2.45, 2.75) is 88.2 Å². The Kier molecular flexibility index (Phi) is 11.7. The SMILES string of the molecule is CCc1c(C)c(C(=O)O)c(C)c(C)c1OC(=O)c1c(C)c(C)c(OC(=O)c2c(C)c(C)c(OC(=O)[C@@]3(O)C(C)=CC(=O)C=C3OC)c(Br)c2C)c(C)c1O. The minimum atomic E-state index is -2.37. The molecule has 4 rings (SSSR count). The van der Waals surface area contributed by atoms with Gasteiger partial charge in [0, 0.05) is 11.6 Å². The maximum atomic E-state index is 13.9. The number of aromatic carboxylic acids is 1. The molecule has 0 heterocycles. The lowest BCUT2D eigenvalue weighted by molar-refractivity contribution is -0.151. The summed E-state index contributed by atoms with van der Waals surface area (Å²) in [5, 5.41) is 32.5. The Morgan fingerprint density at radius 1 is 0.667 bits per heavy atom. The minimum absolute atomic E-state index is 0.00301. The molecule has 0 aliphatic heterocycles. The van der Waals surface area contributed by atoms with Gasteiger partial charge in [-0.15, -0.1) is 0 Å². The van der Waals surface area contributed by atoms with Gasteiger partial charge in [-0.3, -0.25) is 4.79 Å². The number of carbonyl (C=O) groups excluding carboxylic acids is 4. The number of ketones is 1. The van der Waals surface area contributed by atoms with E-state index in [9.17, 15) is 39.3 Å². The van der Waals surface area contributed by atoms with Crippen LogP contribution in [0.15, 0.2) is 28.0 Å². The first-order chi connectivity index (χ1) is 25.1. The number of esters is 3. The van der Waals surface area contributed by atoms with Gasteiger partial charge in [0.15, 0.2) is 5.78 Å². The average molecular weight is 808 g/mol. The Bertz CT molecular complexity index is 2200. The lowest BCUT2D eigenvalue weighted by Gasteiger charge is -2.30. The molecule has 3 aromatic carbocycles. The molecule has 0 spiro atoms. The summed E-state index contributed by atoms with van der Waals surface area (Å²) in [6, 6.07) is 0. The molecule has 0 amide bonds. The molecule has 0 unspecified atom stereocenters. The van der Waals surface area contributed by atoms with Crippen LogP contribution >= 0.6 is 15.9 Å². The smallest absolute Gasteiger partial charge is 0.356 e. The number of carboxylic acid groups (broad SMARTS) is 1. The van der Waals surface area contributed by atoms with Gasteiger partial charge in [-0.25, -0.2) is 19.2 Å². The second kappa shape index (κ2) is 15.2. The molecule has 54 heavy (non-hydrogen) atoms. The highest BCUT2D eigenvalue weighted by molar-refractivity contribution is 9.10. The maximum absolute atomic E-state index is 13.9.